The quantitative estimate of drug-likeness (QED) is 0.604. The first-order valence-corrected chi connectivity index (χ1v) is 12.5. The summed E-state index contributed by atoms with van der Waals surface area (Å²) in [5.74, 6) is 2.38. The van der Waals surface area contributed by atoms with E-state index in [4.69, 9.17) is 0 Å². The fourth-order valence-corrected chi connectivity index (χ4v) is 7.78. The van der Waals surface area contributed by atoms with Crippen LogP contribution in [0, 0.1) is 0 Å². The zero-order valence-corrected chi connectivity index (χ0v) is 14.7. The highest BCUT2D eigenvalue weighted by Gasteiger charge is 2.50. The third kappa shape index (κ3) is 2.86. The van der Waals surface area contributed by atoms with Crippen LogP contribution in [0.1, 0.15) is 26.2 Å². The van der Waals surface area contributed by atoms with Gasteiger partial charge in [0.25, 0.3) is 0 Å². The highest BCUT2D eigenvalue weighted by molar-refractivity contribution is 8.18. The van der Waals surface area contributed by atoms with Crippen molar-refractivity contribution in [3.05, 3.63) is 12.2 Å². The molecule has 1 heterocycles. The van der Waals surface area contributed by atoms with Crippen molar-refractivity contribution in [1.29, 1.82) is 0 Å². The van der Waals surface area contributed by atoms with E-state index in [0.29, 0.717) is 5.54 Å². The molecule has 0 aromatic heterocycles. The van der Waals surface area contributed by atoms with Crippen LogP contribution in [0.15, 0.2) is 12.2 Å². The summed E-state index contributed by atoms with van der Waals surface area (Å²) in [7, 11) is -1.17. The van der Waals surface area contributed by atoms with Crippen molar-refractivity contribution >= 4 is 31.6 Å². The Kier molecular flexibility index (Phi) is 4.33. The number of hydrogen-bond donors (Lipinski definition) is 1. The highest BCUT2D eigenvalue weighted by Crippen LogP contribution is 2.54. The van der Waals surface area contributed by atoms with Crippen LogP contribution in [0.2, 0.25) is 25.2 Å². The lowest BCUT2D eigenvalue weighted by Gasteiger charge is -2.49. The Morgan fingerprint density at radius 1 is 1.22 bits per heavy atom. The SMILES string of the molecule is CC1(C2(O)C=CCC([Si](C)(C)C)C2)SCCCS1. The summed E-state index contributed by atoms with van der Waals surface area (Å²) in [5, 5.41) is 11.2. The Balaban J connectivity index is 2.20. The summed E-state index contributed by atoms with van der Waals surface area (Å²) < 4.78 is -0.0416. The molecular formula is C14H26OS2Si. The predicted octanol–water partition coefficient (Wildman–Crippen LogP) is 4.36. The molecule has 0 aromatic rings. The maximum absolute atomic E-state index is 11.2. The molecule has 2 rings (SSSR count). The molecule has 104 valence electrons. The topological polar surface area (TPSA) is 20.2 Å². The standard InChI is InChI=1S/C14H26OS2Si/c1-13(16-9-6-10-17-13)14(15)8-5-7-12(11-14)18(2,3)4/h5,8,12,15H,6-7,9-11H2,1-4H3. The largest absolute Gasteiger partial charge is 0.383 e. The number of allylic oxidation sites excluding steroid dienone is 1. The van der Waals surface area contributed by atoms with Crippen molar-refractivity contribution in [3.8, 4) is 0 Å². The van der Waals surface area contributed by atoms with Crippen LogP contribution in [-0.4, -0.2) is 34.4 Å². The Bertz CT molecular complexity index is 331. The summed E-state index contributed by atoms with van der Waals surface area (Å²) in [6.45, 7) is 9.54. The fourth-order valence-electron chi connectivity index (χ4n) is 2.84. The number of rotatable bonds is 2. The van der Waals surface area contributed by atoms with E-state index in [2.05, 4.69) is 38.7 Å². The van der Waals surface area contributed by atoms with Gasteiger partial charge in [-0.05, 0) is 43.2 Å². The van der Waals surface area contributed by atoms with E-state index < -0.39 is 13.7 Å². The molecule has 0 spiro atoms. The molecule has 0 amide bonds. The normalized spacial score (nSPS) is 36.6. The van der Waals surface area contributed by atoms with Crippen LogP contribution in [0.25, 0.3) is 0 Å². The zero-order chi connectivity index (χ0) is 13.4. The molecule has 2 atom stereocenters. The Morgan fingerprint density at radius 2 is 1.83 bits per heavy atom. The third-order valence-electron chi connectivity index (χ3n) is 4.43. The van der Waals surface area contributed by atoms with Gasteiger partial charge in [0.1, 0.15) is 5.60 Å². The van der Waals surface area contributed by atoms with Gasteiger partial charge in [0.15, 0.2) is 0 Å². The van der Waals surface area contributed by atoms with Gasteiger partial charge in [-0.1, -0.05) is 31.8 Å². The van der Waals surface area contributed by atoms with Crippen LogP contribution in [0.3, 0.4) is 0 Å². The Morgan fingerprint density at radius 3 is 2.39 bits per heavy atom. The van der Waals surface area contributed by atoms with Crippen LogP contribution in [0.5, 0.6) is 0 Å². The van der Waals surface area contributed by atoms with Crippen LogP contribution in [-0.2, 0) is 0 Å². The van der Waals surface area contributed by atoms with Crippen molar-refractivity contribution in [2.45, 2.75) is 61.0 Å². The van der Waals surface area contributed by atoms with E-state index >= 15 is 0 Å². The second kappa shape index (κ2) is 5.19. The van der Waals surface area contributed by atoms with Gasteiger partial charge < -0.3 is 5.11 Å². The third-order valence-corrected chi connectivity index (χ3v) is 10.8. The molecule has 2 unspecified atom stereocenters. The second-order valence-electron chi connectivity index (χ2n) is 6.83. The van der Waals surface area contributed by atoms with Gasteiger partial charge in [-0.25, -0.2) is 0 Å². The van der Waals surface area contributed by atoms with Gasteiger partial charge in [0.2, 0.25) is 0 Å². The van der Waals surface area contributed by atoms with Gasteiger partial charge in [0, 0.05) is 8.07 Å². The van der Waals surface area contributed by atoms with Crippen LogP contribution >= 0.6 is 23.5 Å². The molecule has 1 N–H and O–H groups in total. The maximum atomic E-state index is 11.2. The monoisotopic (exact) mass is 302 g/mol. The average molecular weight is 303 g/mol. The molecule has 1 aliphatic heterocycles. The molecular weight excluding hydrogens is 276 g/mol. The fraction of sp³-hybridized carbons (Fsp3) is 0.857. The molecule has 1 nitrogen and oxygen atoms in total. The minimum atomic E-state index is -1.17. The Hall–Kier alpha value is 0.617. The van der Waals surface area contributed by atoms with Crippen molar-refractivity contribution in [3.63, 3.8) is 0 Å². The number of thioether (sulfide) groups is 2. The van der Waals surface area contributed by atoms with Gasteiger partial charge >= 0.3 is 0 Å². The molecule has 1 aliphatic carbocycles. The smallest absolute Gasteiger partial charge is 0.106 e. The predicted molar refractivity (Wildman–Crippen MR) is 88.4 cm³/mol. The minimum Gasteiger partial charge on any atom is -0.383 e. The summed E-state index contributed by atoms with van der Waals surface area (Å²) in [6, 6.07) is 0. The molecule has 18 heavy (non-hydrogen) atoms. The second-order valence-corrected chi connectivity index (χ2v) is 15.7. The summed E-state index contributed by atoms with van der Waals surface area (Å²) in [6.07, 6.45) is 7.77. The van der Waals surface area contributed by atoms with Crippen LogP contribution in [0.4, 0.5) is 0 Å². The summed E-state index contributed by atoms with van der Waals surface area (Å²) in [4.78, 5) is 0. The average Bonchev–Trinajstić information content (AvgIpc) is 2.29. The van der Waals surface area contributed by atoms with Gasteiger partial charge in [0.05, 0.1) is 4.08 Å². The number of hydrogen-bond acceptors (Lipinski definition) is 3. The molecule has 0 saturated carbocycles. The summed E-state index contributed by atoms with van der Waals surface area (Å²) >= 11 is 3.92. The lowest BCUT2D eigenvalue weighted by molar-refractivity contribution is 0.0660. The van der Waals surface area contributed by atoms with E-state index in [1.54, 1.807) is 0 Å². The first-order chi connectivity index (χ1) is 8.27. The molecule has 0 aromatic carbocycles. The first kappa shape index (κ1) is 15.0. The van der Waals surface area contributed by atoms with Gasteiger partial charge in [-0.2, -0.15) is 0 Å². The van der Waals surface area contributed by atoms with Gasteiger partial charge in [-0.3, -0.25) is 0 Å². The van der Waals surface area contributed by atoms with E-state index in [0.717, 1.165) is 6.42 Å². The lowest BCUT2D eigenvalue weighted by Crippen LogP contribution is -2.51. The van der Waals surface area contributed by atoms with Crippen molar-refractivity contribution < 1.29 is 5.11 Å². The lowest BCUT2D eigenvalue weighted by atomic mass is 9.87. The molecule has 1 fully saturated rings. The Labute approximate surface area is 121 Å². The van der Waals surface area contributed by atoms with Gasteiger partial charge in [-0.15, -0.1) is 23.5 Å². The van der Waals surface area contributed by atoms with E-state index in [1.807, 2.05) is 23.5 Å². The first-order valence-electron chi connectivity index (χ1n) is 6.95. The molecule has 0 radical (unpaired) electrons. The van der Waals surface area contributed by atoms with E-state index in [-0.39, 0.29) is 4.08 Å². The highest BCUT2D eigenvalue weighted by atomic mass is 32.2. The molecule has 1 saturated heterocycles. The zero-order valence-electron chi connectivity index (χ0n) is 12.0. The molecule has 0 bridgehead atoms. The van der Waals surface area contributed by atoms with Crippen molar-refractivity contribution in [2.24, 2.45) is 0 Å². The number of aliphatic hydroxyl groups is 1. The molecule has 2 aliphatic rings. The maximum Gasteiger partial charge on any atom is 0.106 e. The molecule has 4 heteroatoms. The summed E-state index contributed by atoms with van der Waals surface area (Å²) in [5.41, 5.74) is 0.110. The van der Waals surface area contributed by atoms with E-state index in [9.17, 15) is 5.11 Å². The van der Waals surface area contributed by atoms with Crippen molar-refractivity contribution in [1.82, 2.24) is 0 Å². The van der Waals surface area contributed by atoms with Crippen LogP contribution < -0.4 is 0 Å². The minimum absolute atomic E-state index is 0.0416. The van der Waals surface area contributed by atoms with E-state index in [1.165, 1.54) is 24.3 Å². The van der Waals surface area contributed by atoms with Crippen molar-refractivity contribution in [2.75, 3.05) is 11.5 Å².